The van der Waals surface area contributed by atoms with Gasteiger partial charge in [0.05, 0.1) is 10.7 Å². The van der Waals surface area contributed by atoms with E-state index in [9.17, 15) is 4.79 Å². The summed E-state index contributed by atoms with van der Waals surface area (Å²) < 4.78 is 0. The number of aromatic nitrogens is 1. The van der Waals surface area contributed by atoms with Crippen molar-refractivity contribution < 1.29 is 9.90 Å². The van der Waals surface area contributed by atoms with Gasteiger partial charge in [0.1, 0.15) is 6.04 Å². The van der Waals surface area contributed by atoms with Crippen molar-refractivity contribution in [3.05, 3.63) is 16.1 Å². The Labute approximate surface area is 93.4 Å². The number of carboxylic acid groups (broad SMARTS) is 1. The molecule has 0 aliphatic rings. The van der Waals surface area contributed by atoms with Gasteiger partial charge in [-0.15, -0.1) is 11.3 Å². The summed E-state index contributed by atoms with van der Waals surface area (Å²) in [5.41, 5.74) is 0.555. The topological polar surface area (TPSA) is 62.2 Å². The Balaban J connectivity index is 2.97. The predicted molar refractivity (Wildman–Crippen MR) is 60.3 cm³/mol. The molecule has 1 aromatic rings. The third-order valence-corrected chi connectivity index (χ3v) is 3.28. The number of carboxylic acids is 1. The molecule has 0 aliphatic carbocycles. The van der Waals surface area contributed by atoms with E-state index in [1.54, 1.807) is 12.4 Å². The third kappa shape index (κ3) is 2.76. The van der Waals surface area contributed by atoms with Crippen LogP contribution in [0.2, 0.25) is 0 Å². The van der Waals surface area contributed by atoms with Crippen LogP contribution in [0.5, 0.6) is 0 Å². The summed E-state index contributed by atoms with van der Waals surface area (Å²) in [6, 6.07) is -0.711. The van der Waals surface area contributed by atoms with E-state index in [-0.39, 0.29) is 5.41 Å². The van der Waals surface area contributed by atoms with E-state index in [0.717, 1.165) is 5.01 Å². The maximum atomic E-state index is 10.9. The van der Waals surface area contributed by atoms with Crippen molar-refractivity contribution in [1.29, 1.82) is 0 Å². The molecule has 5 heteroatoms. The maximum absolute atomic E-state index is 10.9. The van der Waals surface area contributed by atoms with Gasteiger partial charge < -0.3 is 10.4 Å². The zero-order valence-electron chi connectivity index (χ0n) is 9.37. The zero-order valence-corrected chi connectivity index (χ0v) is 10.2. The number of hydrogen-bond acceptors (Lipinski definition) is 4. The highest BCUT2D eigenvalue weighted by Gasteiger charge is 2.24. The van der Waals surface area contributed by atoms with Crippen molar-refractivity contribution in [2.75, 3.05) is 7.05 Å². The second-order valence-electron chi connectivity index (χ2n) is 4.39. The standard InChI is InChI=1S/C10H16N2O2S/c1-10(2,3)9-12-6(5-15-9)7(11-4)8(13)14/h5,7,11H,1-4H3,(H,13,14). The van der Waals surface area contributed by atoms with Gasteiger partial charge in [-0.25, -0.2) is 4.98 Å². The van der Waals surface area contributed by atoms with Crippen molar-refractivity contribution in [3.63, 3.8) is 0 Å². The molecule has 0 aliphatic heterocycles. The highest BCUT2D eigenvalue weighted by atomic mass is 32.1. The van der Waals surface area contributed by atoms with E-state index < -0.39 is 12.0 Å². The van der Waals surface area contributed by atoms with Crippen molar-refractivity contribution >= 4 is 17.3 Å². The van der Waals surface area contributed by atoms with Crippen LogP contribution in [-0.2, 0) is 10.2 Å². The van der Waals surface area contributed by atoms with Gasteiger partial charge in [0, 0.05) is 10.8 Å². The molecule has 1 rings (SSSR count). The molecule has 84 valence electrons. The normalized spacial score (nSPS) is 13.9. The molecule has 1 unspecified atom stereocenters. The fourth-order valence-electron chi connectivity index (χ4n) is 1.16. The van der Waals surface area contributed by atoms with E-state index in [2.05, 4.69) is 31.1 Å². The van der Waals surface area contributed by atoms with Gasteiger partial charge in [0.15, 0.2) is 0 Å². The van der Waals surface area contributed by atoms with Crippen LogP contribution in [0, 0.1) is 0 Å². The first-order valence-corrected chi connectivity index (χ1v) is 5.60. The molecule has 15 heavy (non-hydrogen) atoms. The van der Waals surface area contributed by atoms with Crippen LogP contribution in [0.15, 0.2) is 5.38 Å². The molecule has 0 saturated heterocycles. The Bertz CT molecular complexity index is 355. The van der Waals surface area contributed by atoms with Gasteiger partial charge in [-0.1, -0.05) is 20.8 Å². The number of nitrogens with one attached hydrogen (secondary N) is 1. The summed E-state index contributed by atoms with van der Waals surface area (Å²) in [4.78, 5) is 15.2. The molecule has 0 radical (unpaired) electrons. The summed E-state index contributed by atoms with van der Waals surface area (Å²) in [6.07, 6.45) is 0. The third-order valence-electron chi connectivity index (χ3n) is 1.99. The maximum Gasteiger partial charge on any atom is 0.327 e. The molecular weight excluding hydrogens is 212 g/mol. The lowest BCUT2D eigenvalue weighted by Crippen LogP contribution is -2.25. The first kappa shape index (κ1) is 12.1. The lowest BCUT2D eigenvalue weighted by atomic mass is 9.98. The molecule has 0 aromatic carbocycles. The molecule has 0 saturated carbocycles. The molecule has 1 atom stereocenters. The van der Waals surface area contributed by atoms with Crippen LogP contribution in [0.3, 0.4) is 0 Å². The molecule has 2 N–H and O–H groups in total. The number of rotatable bonds is 3. The van der Waals surface area contributed by atoms with Crippen molar-refractivity contribution in [3.8, 4) is 0 Å². The number of nitrogens with zero attached hydrogens (tertiary/aromatic N) is 1. The van der Waals surface area contributed by atoms with E-state index in [1.165, 1.54) is 11.3 Å². The van der Waals surface area contributed by atoms with Crippen LogP contribution in [0.1, 0.15) is 37.5 Å². The highest BCUT2D eigenvalue weighted by Crippen LogP contribution is 2.27. The summed E-state index contributed by atoms with van der Waals surface area (Å²) in [7, 11) is 1.62. The summed E-state index contributed by atoms with van der Waals surface area (Å²) >= 11 is 1.50. The highest BCUT2D eigenvalue weighted by molar-refractivity contribution is 7.09. The molecule has 0 fully saturated rings. The lowest BCUT2D eigenvalue weighted by Gasteiger charge is -2.14. The Hall–Kier alpha value is -0.940. The number of aliphatic carboxylic acids is 1. The molecule has 1 heterocycles. The second-order valence-corrected chi connectivity index (χ2v) is 5.25. The minimum Gasteiger partial charge on any atom is -0.480 e. The van der Waals surface area contributed by atoms with Crippen molar-refractivity contribution in [1.82, 2.24) is 10.3 Å². The van der Waals surface area contributed by atoms with Gasteiger partial charge in [-0.3, -0.25) is 4.79 Å². The van der Waals surface area contributed by atoms with Crippen LogP contribution in [0.25, 0.3) is 0 Å². The molecule has 4 nitrogen and oxygen atoms in total. The van der Waals surface area contributed by atoms with Gasteiger partial charge in [0.25, 0.3) is 0 Å². The molecule has 0 amide bonds. The van der Waals surface area contributed by atoms with Gasteiger partial charge in [-0.05, 0) is 7.05 Å². The van der Waals surface area contributed by atoms with E-state index in [4.69, 9.17) is 5.11 Å². The Morgan fingerprint density at radius 3 is 2.53 bits per heavy atom. The SMILES string of the molecule is CNC(C(=O)O)c1csc(C(C)(C)C)n1. The van der Waals surface area contributed by atoms with Crippen LogP contribution in [0.4, 0.5) is 0 Å². The number of thiazole rings is 1. The van der Waals surface area contributed by atoms with Crippen LogP contribution < -0.4 is 5.32 Å². The Morgan fingerprint density at radius 1 is 1.60 bits per heavy atom. The van der Waals surface area contributed by atoms with E-state index in [0.29, 0.717) is 5.69 Å². The Kier molecular flexibility index (Phi) is 3.46. The lowest BCUT2D eigenvalue weighted by molar-refractivity contribution is -0.139. The molecule has 0 spiro atoms. The monoisotopic (exact) mass is 228 g/mol. The average Bonchev–Trinajstić information content (AvgIpc) is 2.52. The average molecular weight is 228 g/mol. The van der Waals surface area contributed by atoms with Crippen LogP contribution >= 0.6 is 11.3 Å². The first-order valence-electron chi connectivity index (χ1n) is 4.72. The van der Waals surface area contributed by atoms with Crippen molar-refractivity contribution in [2.45, 2.75) is 32.2 Å². The quantitative estimate of drug-likeness (QED) is 0.828. The van der Waals surface area contributed by atoms with Gasteiger partial charge in [-0.2, -0.15) is 0 Å². The van der Waals surface area contributed by atoms with E-state index in [1.807, 2.05) is 0 Å². The fraction of sp³-hybridized carbons (Fsp3) is 0.600. The summed E-state index contributed by atoms with van der Waals surface area (Å²) in [5, 5.41) is 14.4. The predicted octanol–water partition coefficient (Wildman–Crippen LogP) is 1.79. The largest absolute Gasteiger partial charge is 0.480 e. The molecule has 1 aromatic heterocycles. The zero-order chi connectivity index (χ0) is 11.6. The minimum atomic E-state index is -0.900. The Morgan fingerprint density at radius 2 is 2.20 bits per heavy atom. The number of carbonyl (C=O) groups is 1. The van der Waals surface area contributed by atoms with Gasteiger partial charge >= 0.3 is 5.97 Å². The summed E-state index contributed by atoms with van der Waals surface area (Å²) in [6.45, 7) is 6.18. The number of hydrogen-bond donors (Lipinski definition) is 2. The minimum absolute atomic E-state index is 0.0281. The van der Waals surface area contributed by atoms with Crippen LogP contribution in [-0.4, -0.2) is 23.1 Å². The first-order chi connectivity index (χ1) is 6.86. The smallest absolute Gasteiger partial charge is 0.327 e. The molecular formula is C10H16N2O2S. The van der Waals surface area contributed by atoms with Crippen molar-refractivity contribution in [2.24, 2.45) is 0 Å². The molecule has 0 bridgehead atoms. The van der Waals surface area contributed by atoms with Gasteiger partial charge in [0.2, 0.25) is 0 Å². The van der Waals surface area contributed by atoms with E-state index >= 15 is 0 Å². The summed E-state index contributed by atoms with van der Waals surface area (Å²) in [5.74, 6) is -0.900. The number of likely N-dealkylation sites (N-methyl/N-ethyl adjacent to an activating group) is 1. The second kappa shape index (κ2) is 4.28. The fourth-order valence-corrected chi connectivity index (χ4v) is 2.09.